The van der Waals surface area contributed by atoms with Crippen LogP contribution in [0.3, 0.4) is 0 Å². The average molecular weight is 594 g/mol. The third-order valence-corrected chi connectivity index (χ3v) is 8.11. The molecule has 37 heavy (non-hydrogen) atoms. The van der Waals surface area contributed by atoms with E-state index < -0.39 is 5.67 Å². The van der Waals surface area contributed by atoms with Crippen LogP contribution in [-0.4, -0.2) is 20.7 Å². The largest absolute Gasteiger partial charge is 2.00 e. The van der Waals surface area contributed by atoms with Crippen LogP contribution in [0.15, 0.2) is 77.4 Å². The van der Waals surface area contributed by atoms with Gasteiger partial charge in [-0.05, 0) is 48.6 Å². The van der Waals surface area contributed by atoms with Gasteiger partial charge in [0, 0.05) is 9.52 Å². The smallest absolute Gasteiger partial charge is 0.672 e. The van der Waals surface area contributed by atoms with Crippen molar-refractivity contribution in [2.75, 3.05) is 0 Å². The van der Waals surface area contributed by atoms with E-state index in [-0.39, 0.29) is 31.7 Å². The second-order valence-corrected chi connectivity index (χ2v) is 12.7. The summed E-state index contributed by atoms with van der Waals surface area (Å²) in [5, 5.41) is 0. The molecule has 7 rings (SSSR count). The molecule has 0 spiro atoms. The maximum Gasteiger partial charge on any atom is 2.00 e. The summed E-state index contributed by atoms with van der Waals surface area (Å²) in [6, 6.07) is 20.8. The minimum absolute atomic E-state index is 0. The van der Waals surface area contributed by atoms with E-state index in [1.54, 1.807) is 0 Å². The standard InChI is InChI=1S/C12H10.C10H15FN.C9H13.C2H7Si.Zr/c1-3-7-11(8-4-1)12-9-5-2-6-10-12;11-9-2-7-1-8(3-9)5-10(12,4-7)6-9;1-6-5-7(2)9(4)8(6)3;1-3-2;/h1-10H;7-8,12H,1-6H2;6H,1-4H3;3H,1-2H3;/q;2*-1;;+2. The maximum atomic E-state index is 14.0. The monoisotopic (exact) mass is 592 g/mol. The first-order chi connectivity index (χ1) is 17.1. The van der Waals surface area contributed by atoms with E-state index in [1.807, 2.05) is 12.1 Å². The van der Waals surface area contributed by atoms with Crippen molar-refractivity contribution >= 4 is 9.52 Å². The molecular formula is C33H45FNSiZr. The topological polar surface area (TPSA) is 23.8 Å². The van der Waals surface area contributed by atoms with E-state index in [2.05, 4.69) is 95.4 Å². The summed E-state index contributed by atoms with van der Waals surface area (Å²) >= 11 is 0. The Morgan fingerprint density at radius 3 is 1.54 bits per heavy atom. The van der Waals surface area contributed by atoms with E-state index in [4.69, 9.17) is 5.73 Å². The summed E-state index contributed by atoms with van der Waals surface area (Å²) < 4.78 is 14.0. The first-order valence-electron chi connectivity index (χ1n) is 13.6. The van der Waals surface area contributed by atoms with Gasteiger partial charge in [-0.25, -0.2) is 9.96 Å². The molecule has 0 amide bonds. The molecule has 1 radical (unpaired) electrons. The van der Waals surface area contributed by atoms with E-state index >= 15 is 0 Å². The van der Waals surface area contributed by atoms with Crippen molar-refractivity contribution in [3.05, 3.63) is 89.2 Å². The minimum Gasteiger partial charge on any atom is -0.672 e. The molecule has 4 fully saturated rings. The van der Waals surface area contributed by atoms with E-state index in [1.165, 1.54) is 34.3 Å². The molecule has 197 valence electrons. The summed E-state index contributed by atoms with van der Waals surface area (Å²) in [6.07, 6.45) is 8.61. The maximum absolute atomic E-state index is 14.0. The summed E-state index contributed by atoms with van der Waals surface area (Å²) in [7, 11) is 0.750. The van der Waals surface area contributed by atoms with E-state index in [9.17, 15) is 4.39 Å². The van der Waals surface area contributed by atoms with Crippen molar-refractivity contribution in [3.63, 3.8) is 0 Å². The number of allylic oxidation sites excluding steroid dienone is 4. The quantitative estimate of drug-likeness (QED) is 0.232. The van der Waals surface area contributed by atoms with E-state index in [0.29, 0.717) is 24.2 Å². The molecule has 1 nitrogen and oxygen atoms in total. The molecular weight excluding hydrogens is 549 g/mol. The van der Waals surface area contributed by atoms with Gasteiger partial charge in [-0.2, -0.15) is 11.1 Å². The number of halogens is 1. The Morgan fingerprint density at radius 2 is 1.27 bits per heavy atom. The number of hydrogen-bond acceptors (Lipinski definition) is 0. The molecule has 0 heterocycles. The van der Waals surface area contributed by atoms with Crippen LogP contribution in [0.4, 0.5) is 4.39 Å². The van der Waals surface area contributed by atoms with Crippen molar-refractivity contribution in [2.24, 2.45) is 17.8 Å². The molecule has 0 aromatic heterocycles. The van der Waals surface area contributed by atoms with Gasteiger partial charge in [-0.15, -0.1) is 12.5 Å². The predicted octanol–water partition coefficient (Wildman–Crippen LogP) is 9.69. The van der Waals surface area contributed by atoms with Gasteiger partial charge in [0.15, 0.2) is 0 Å². The normalized spacial score (nSPS) is 30.5. The van der Waals surface area contributed by atoms with Crippen molar-refractivity contribution < 1.29 is 30.6 Å². The van der Waals surface area contributed by atoms with Crippen LogP contribution in [0, 0.1) is 23.8 Å². The Morgan fingerprint density at radius 1 is 0.838 bits per heavy atom. The SMILES string of the molecule is CC1=[C-]C(C)C(C)=C1C.C[SiH]C.[NH-]C12CC3CC(C1)CC(F)(C3)C2.[Zr+2].c1ccc(-c2ccccc2)cc1. The van der Waals surface area contributed by atoms with Gasteiger partial charge in [0.25, 0.3) is 0 Å². The first kappa shape index (κ1) is 32.1. The first-order valence-corrected chi connectivity index (χ1v) is 15.9. The van der Waals surface area contributed by atoms with Crippen molar-refractivity contribution in [1.29, 1.82) is 0 Å². The molecule has 4 heteroatoms. The van der Waals surface area contributed by atoms with Crippen LogP contribution in [0.25, 0.3) is 16.9 Å². The number of hydrogen-bond donors (Lipinski definition) is 0. The summed E-state index contributed by atoms with van der Waals surface area (Å²) in [5.41, 5.74) is 13.6. The molecule has 1 N–H and O–H groups in total. The molecule has 3 unspecified atom stereocenters. The minimum atomic E-state index is -0.925. The van der Waals surface area contributed by atoms with Gasteiger partial charge in [-0.1, -0.05) is 113 Å². The molecule has 4 bridgehead atoms. The second-order valence-electron chi connectivity index (χ2n) is 11.5. The number of alkyl halides is 1. The number of nitrogens with one attached hydrogen (secondary N) is 1. The fraction of sp³-hybridized carbons (Fsp3) is 0.515. The van der Waals surface area contributed by atoms with Crippen LogP contribution in [0.2, 0.25) is 13.1 Å². The third-order valence-electron chi connectivity index (χ3n) is 8.11. The van der Waals surface area contributed by atoms with Crippen molar-refractivity contribution in [2.45, 2.75) is 90.5 Å². The summed E-state index contributed by atoms with van der Waals surface area (Å²) in [5.74, 6) is 1.66. The Balaban J connectivity index is 0.000000185. The fourth-order valence-corrected chi connectivity index (χ4v) is 6.57. The van der Waals surface area contributed by atoms with Crippen LogP contribution in [0.5, 0.6) is 0 Å². The predicted molar refractivity (Wildman–Crippen MR) is 156 cm³/mol. The summed E-state index contributed by atoms with van der Waals surface area (Å²) in [4.78, 5) is 0. The van der Waals surface area contributed by atoms with Gasteiger partial charge >= 0.3 is 26.2 Å². The second kappa shape index (κ2) is 14.3. The molecule has 5 aliphatic carbocycles. The van der Waals surface area contributed by atoms with Crippen molar-refractivity contribution in [1.82, 2.24) is 0 Å². The molecule has 3 atom stereocenters. The Hall–Kier alpha value is -1.09. The number of rotatable bonds is 1. The van der Waals surface area contributed by atoms with Crippen molar-refractivity contribution in [3.8, 4) is 11.1 Å². The molecule has 5 aliphatic rings. The van der Waals surface area contributed by atoms with Crippen LogP contribution in [-0.2, 0) is 26.2 Å². The zero-order valence-corrected chi connectivity index (χ0v) is 27.3. The molecule has 2 aromatic carbocycles. The van der Waals surface area contributed by atoms with Crippen LogP contribution < -0.4 is 0 Å². The zero-order chi connectivity index (χ0) is 26.3. The van der Waals surface area contributed by atoms with Gasteiger partial charge in [0.2, 0.25) is 0 Å². The third kappa shape index (κ3) is 8.97. The van der Waals surface area contributed by atoms with E-state index in [0.717, 1.165) is 35.2 Å². The van der Waals surface area contributed by atoms with Crippen LogP contribution >= 0.6 is 0 Å². The molecule has 0 aliphatic heterocycles. The zero-order valence-electron chi connectivity index (χ0n) is 23.7. The summed E-state index contributed by atoms with van der Waals surface area (Å²) in [6.45, 7) is 13.1. The van der Waals surface area contributed by atoms with Crippen LogP contribution in [0.1, 0.15) is 66.2 Å². The van der Waals surface area contributed by atoms with Gasteiger partial charge in [0.05, 0.1) is 0 Å². The fourth-order valence-electron chi connectivity index (χ4n) is 6.57. The average Bonchev–Trinajstić information content (AvgIpc) is 3.04. The van der Waals surface area contributed by atoms with Gasteiger partial charge in [0.1, 0.15) is 5.67 Å². The molecule has 0 saturated heterocycles. The van der Waals surface area contributed by atoms with Gasteiger partial charge < -0.3 is 5.73 Å². The number of benzene rings is 2. The Labute approximate surface area is 247 Å². The van der Waals surface area contributed by atoms with Gasteiger partial charge in [-0.3, -0.25) is 6.08 Å². The Bertz CT molecular complexity index is 961. The molecule has 4 saturated carbocycles. The molecule has 2 aromatic rings. The Kier molecular flexibility index (Phi) is 12.4.